The molecule has 0 radical (unpaired) electrons. The number of aliphatic hydroxyl groups excluding tert-OH is 1. The molecule has 0 saturated heterocycles. The van der Waals surface area contributed by atoms with Crippen LogP contribution in [0.4, 0.5) is 0 Å². The number of phenols is 1. The minimum atomic E-state index is 0.200. The van der Waals surface area contributed by atoms with Gasteiger partial charge in [0, 0.05) is 18.7 Å². The first kappa shape index (κ1) is 12.0. The van der Waals surface area contributed by atoms with Gasteiger partial charge in [0.2, 0.25) is 0 Å². The summed E-state index contributed by atoms with van der Waals surface area (Å²) in [7, 11) is 0. The molecule has 1 aromatic rings. The molecule has 1 rings (SSSR count). The second kappa shape index (κ2) is 5.73. The smallest absolute Gasteiger partial charge is 0.120 e. The first-order chi connectivity index (χ1) is 7.15. The van der Waals surface area contributed by atoms with Gasteiger partial charge in [-0.05, 0) is 44.0 Å². The van der Waals surface area contributed by atoms with Crippen LogP contribution in [-0.4, -0.2) is 23.4 Å². The molecular weight excluding hydrogens is 190 g/mol. The molecule has 0 atom stereocenters. The zero-order valence-corrected chi connectivity index (χ0v) is 9.38. The van der Waals surface area contributed by atoms with Gasteiger partial charge in [0.05, 0.1) is 0 Å². The Hall–Kier alpha value is -1.06. The molecule has 0 spiro atoms. The molecule has 0 fully saturated rings. The normalized spacial score (nSPS) is 10.6. The van der Waals surface area contributed by atoms with E-state index in [-0.39, 0.29) is 6.61 Å². The molecule has 3 N–H and O–H groups in total. The van der Waals surface area contributed by atoms with Crippen LogP contribution in [0, 0.1) is 13.8 Å². The van der Waals surface area contributed by atoms with Crippen molar-refractivity contribution in [3.8, 4) is 5.75 Å². The van der Waals surface area contributed by atoms with E-state index in [4.69, 9.17) is 5.11 Å². The number of benzene rings is 1. The summed E-state index contributed by atoms with van der Waals surface area (Å²) in [5.41, 5.74) is 3.20. The van der Waals surface area contributed by atoms with Crippen LogP contribution in [0.15, 0.2) is 12.1 Å². The quantitative estimate of drug-likeness (QED) is 0.644. The van der Waals surface area contributed by atoms with Crippen molar-refractivity contribution in [3.05, 3.63) is 28.8 Å². The third kappa shape index (κ3) is 3.53. The van der Waals surface area contributed by atoms with E-state index in [1.54, 1.807) is 6.07 Å². The average Bonchev–Trinajstić information content (AvgIpc) is 2.20. The van der Waals surface area contributed by atoms with Crippen LogP contribution in [0.3, 0.4) is 0 Å². The van der Waals surface area contributed by atoms with Crippen LogP contribution >= 0.6 is 0 Å². The summed E-state index contributed by atoms with van der Waals surface area (Å²) in [6.45, 7) is 5.63. The Kier molecular flexibility index (Phi) is 4.59. The third-order valence-corrected chi connectivity index (χ3v) is 2.52. The Morgan fingerprint density at radius 1 is 1.20 bits per heavy atom. The summed E-state index contributed by atoms with van der Waals surface area (Å²) < 4.78 is 0. The molecule has 0 heterocycles. The lowest BCUT2D eigenvalue weighted by Gasteiger charge is -2.09. The van der Waals surface area contributed by atoms with Crippen molar-refractivity contribution in [2.45, 2.75) is 26.8 Å². The summed E-state index contributed by atoms with van der Waals surface area (Å²) in [5.74, 6) is 0.342. The van der Waals surface area contributed by atoms with Gasteiger partial charge in [0.15, 0.2) is 0 Å². The highest BCUT2D eigenvalue weighted by Gasteiger charge is 2.03. The van der Waals surface area contributed by atoms with Gasteiger partial charge in [0.25, 0.3) is 0 Å². The summed E-state index contributed by atoms with van der Waals surface area (Å²) in [5, 5.41) is 21.5. The number of aryl methyl sites for hydroxylation is 2. The van der Waals surface area contributed by atoms with Crippen LogP contribution in [0.5, 0.6) is 5.75 Å². The van der Waals surface area contributed by atoms with Crippen molar-refractivity contribution in [2.24, 2.45) is 0 Å². The van der Waals surface area contributed by atoms with E-state index in [0.29, 0.717) is 12.3 Å². The molecule has 84 valence electrons. The maximum absolute atomic E-state index is 9.68. The van der Waals surface area contributed by atoms with Crippen LogP contribution < -0.4 is 5.32 Å². The molecule has 0 aliphatic heterocycles. The lowest BCUT2D eigenvalue weighted by Crippen LogP contribution is -2.15. The Bertz CT molecular complexity index is 324. The Balaban J connectivity index is 2.57. The molecule has 0 aliphatic carbocycles. The van der Waals surface area contributed by atoms with Crippen molar-refractivity contribution in [3.63, 3.8) is 0 Å². The lowest BCUT2D eigenvalue weighted by atomic mass is 10.1. The molecule has 15 heavy (non-hydrogen) atoms. The zero-order chi connectivity index (χ0) is 11.3. The van der Waals surface area contributed by atoms with Crippen LogP contribution in [0.25, 0.3) is 0 Å². The number of rotatable bonds is 5. The maximum atomic E-state index is 9.68. The van der Waals surface area contributed by atoms with Crippen LogP contribution in [-0.2, 0) is 6.54 Å². The van der Waals surface area contributed by atoms with E-state index in [1.165, 1.54) is 5.56 Å². The topological polar surface area (TPSA) is 52.5 Å². The van der Waals surface area contributed by atoms with Crippen molar-refractivity contribution < 1.29 is 10.2 Å². The summed E-state index contributed by atoms with van der Waals surface area (Å²) in [6.07, 6.45) is 0.742. The van der Waals surface area contributed by atoms with Crippen molar-refractivity contribution in [2.75, 3.05) is 13.2 Å². The number of phenolic OH excluding ortho intramolecular Hbond substituents is 1. The highest BCUT2D eigenvalue weighted by atomic mass is 16.3. The average molecular weight is 209 g/mol. The predicted molar refractivity (Wildman–Crippen MR) is 61.0 cm³/mol. The van der Waals surface area contributed by atoms with Gasteiger partial charge < -0.3 is 15.5 Å². The second-order valence-electron chi connectivity index (χ2n) is 3.82. The molecule has 0 unspecified atom stereocenters. The lowest BCUT2D eigenvalue weighted by molar-refractivity contribution is 0.286. The van der Waals surface area contributed by atoms with Crippen molar-refractivity contribution in [1.82, 2.24) is 5.32 Å². The van der Waals surface area contributed by atoms with Crippen LogP contribution in [0.2, 0.25) is 0 Å². The molecule has 0 aromatic heterocycles. The van der Waals surface area contributed by atoms with E-state index in [2.05, 4.69) is 5.32 Å². The first-order valence-electron chi connectivity index (χ1n) is 5.26. The highest BCUT2D eigenvalue weighted by Crippen LogP contribution is 2.21. The molecular formula is C12H19NO2. The minimum absolute atomic E-state index is 0.200. The van der Waals surface area contributed by atoms with E-state index in [0.717, 1.165) is 24.1 Å². The SMILES string of the molecule is Cc1cc(O)c(CNCCCO)cc1C. The Morgan fingerprint density at radius 2 is 1.87 bits per heavy atom. The van der Waals surface area contributed by atoms with Crippen LogP contribution in [0.1, 0.15) is 23.1 Å². The number of aliphatic hydroxyl groups is 1. The zero-order valence-electron chi connectivity index (χ0n) is 9.38. The van der Waals surface area contributed by atoms with Gasteiger partial charge in [-0.3, -0.25) is 0 Å². The molecule has 0 bridgehead atoms. The highest BCUT2D eigenvalue weighted by molar-refractivity contribution is 5.40. The number of hydrogen-bond donors (Lipinski definition) is 3. The number of nitrogens with one attached hydrogen (secondary N) is 1. The summed E-state index contributed by atoms with van der Waals surface area (Å²) in [6, 6.07) is 3.79. The summed E-state index contributed by atoms with van der Waals surface area (Å²) >= 11 is 0. The molecule has 3 heteroatoms. The predicted octanol–water partition coefficient (Wildman–Crippen LogP) is 1.48. The van der Waals surface area contributed by atoms with Gasteiger partial charge in [-0.1, -0.05) is 6.07 Å². The van der Waals surface area contributed by atoms with E-state index >= 15 is 0 Å². The number of aromatic hydroxyl groups is 1. The number of hydrogen-bond acceptors (Lipinski definition) is 3. The van der Waals surface area contributed by atoms with Crippen molar-refractivity contribution >= 4 is 0 Å². The fourth-order valence-electron chi connectivity index (χ4n) is 1.43. The third-order valence-electron chi connectivity index (χ3n) is 2.52. The first-order valence-corrected chi connectivity index (χ1v) is 5.26. The minimum Gasteiger partial charge on any atom is -0.508 e. The van der Waals surface area contributed by atoms with Gasteiger partial charge in [-0.2, -0.15) is 0 Å². The Labute approximate surface area is 90.8 Å². The van der Waals surface area contributed by atoms with Gasteiger partial charge >= 0.3 is 0 Å². The second-order valence-corrected chi connectivity index (χ2v) is 3.82. The fourth-order valence-corrected chi connectivity index (χ4v) is 1.43. The Morgan fingerprint density at radius 3 is 2.53 bits per heavy atom. The maximum Gasteiger partial charge on any atom is 0.120 e. The monoisotopic (exact) mass is 209 g/mol. The molecule has 1 aromatic carbocycles. The molecule has 3 nitrogen and oxygen atoms in total. The molecule has 0 saturated carbocycles. The molecule has 0 amide bonds. The van der Waals surface area contributed by atoms with Gasteiger partial charge in [-0.15, -0.1) is 0 Å². The largest absolute Gasteiger partial charge is 0.508 e. The van der Waals surface area contributed by atoms with Crippen molar-refractivity contribution in [1.29, 1.82) is 0 Å². The van der Waals surface area contributed by atoms with E-state index < -0.39 is 0 Å². The molecule has 0 aliphatic rings. The van der Waals surface area contributed by atoms with E-state index in [9.17, 15) is 5.11 Å². The summed E-state index contributed by atoms with van der Waals surface area (Å²) in [4.78, 5) is 0. The standard InChI is InChI=1S/C12H19NO2/c1-9-6-11(8-13-4-3-5-14)12(15)7-10(9)2/h6-7,13-15H,3-5,8H2,1-2H3. The van der Waals surface area contributed by atoms with Gasteiger partial charge in [-0.25, -0.2) is 0 Å². The fraction of sp³-hybridized carbons (Fsp3) is 0.500. The van der Waals surface area contributed by atoms with E-state index in [1.807, 2.05) is 19.9 Å². The van der Waals surface area contributed by atoms with Gasteiger partial charge in [0.1, 0.15) is 5.75 Å².